The van der Waals surface area contributed by atoms with Gasteiger partial charge in [-0.15, -0.1) is 0 Å². The molecule has 0 aliphatic heterocycles. The number of nitrogens with zero attached hydrogens (tertiary/aromatic N) is 3. The van der Waals surface area contributed by atoms with Gasteiger partial charge in [-0.2, -0.15) is 0 Å². The summed E-state index contributed by atoms with van der Waals surface area (Å²) in [5.41, 5.74) is 4.45. The number of fused-ring (bicyclic) bond motifs is 1. The molecule has 0 aliphatic carbocycles. The largest absolute Gasteiger partial charge is 0.497 e. The van der Waals surface area contributed by atoms with E-state index < -0.39 is 0 Å². The number of ether oxygens (including phenoxy) is 1. The molecule has 2 aromatic heterocycles. The van der Waals surface area contributed by atoms with Crippen LogP contribution in [-0.2, 0) is 20.1 Å². The van der Waals surface area contributed by atoms with Crippen LogP contribution in [0.3, 0.4) is 0 Å². The molecule has 0 spiro atoms. The van der Waals surface area contributed by atoms with E-state index in [9.17, 15) is 4.39 Å². The Hall–Kier alpha value is -3.18. The molecule has 0 radical (unpaired) electrons. The highest BCUT2D eigenvalue weighted by atomic mass is 19.1. The lowest BCUT2D eigenvalue weighted by Gasteiger charge is -2.29. The first-order valence-corrected chi connectivity index (χ1v) is 10.1. The van der Waals surface area contributed by atoms with Crippen LogP contribution >= 0.6 is 0 Å². The van der Waals surface area contributed by atoms with Gasteiger partial charge in [-0.25, -0.2) is 4.39 Å². The molecule has 1 atom stereocenters. The molecule has 2 aromatic carbocycles. The molecule has 0 saturated carbocycles. The molecule has 30 heavy (non-hydrogen) atoms. The SMILES string of the molecule is COc1ccc(C(C)N(Cc2cccnc2)Cc2cn(C)c3cc(F)ccc23)cc1. The summed E-state index contributed by atoms with van der Waals surface area (Å²) in [5, 5.41) is 1.08. The van der Waals surface area contributed by atoms with E-state index in [1.807, 2.05) is 42.1 Å². The number of rotatable bonds is 7. The average Bonchev–Trinajstić information content (AvgIpc) is 3.08. The molecule has 1 unspecified atom stereocenters. The van der Waals surface area contributed by atoms with Gasteiger partial charge in [-0.05, 0) is 60.0 Å². The van der Waals surface area contributed by atoms with Crippen molar-refractivity contribution >= 4 is 10.9 Å². The number of aromatic nitrogens is 2. The van der Waals surface area contributed by atoms with E-state index in [1.54, 1.807) is 19.4 Å². The minimum Gasteiger partial charge on any atom is -0.497 e. The van der Waals surface area contributed by atoms with Crippen LogP contribution in [0.2, 0.25) is 0 Å². The monoisotopic (exact) mass is 403 g/mol. The lowest BCUT2D eigenvalue weighted by Crippen LogP contribution is -2.26. The second-order valence-electron chi connectivity index (χ2n) is 7.64. The molecule has 0 amide bonds. The Bertz CT molecular complexity index is 1120. The predicted octanol–water partition coefficient (Wildman–Crippen LogP) is 5.48. The molecule has 2 heterocycles. The summed E-state index contributed by atoms with van der Waals surface area (Å²) in [6.45, 7) is 3.71. The van der Waals surface area contributed by atoms with Crippen molar-refractivity contribution in [3.63, 3.8) is 0 Å². The van der Waals surface area contributed by atoms with Crippen LogP contribution in [0.4, 0.5) is 4.39 Å². The van der Waals surface area contributed by atoms with Crippen LogP contribution in [0.15, 0.2) is 73.2 Å². The standard InChI is InChI=1S/C25H26FN3O/c1-18(20-6-9-23(30-3)10-7-20)29(15-19-5-4-12-27-14-19)17-21-16-28(2)25-13-22(26)8-11-24(21)25/h4-14,16,18H,15,17H2,1-3H3. The Morgan fingerprint density at radius 2 is 1.90 bits per heavy atom. The minimum absolute atomic E-state index is 0.173. The Morgan fingerprint density at radius 1 is 1.10 bits per heavy atom. The topological polar surface area (TPSA) is 30.3 Å². The first-order chi connectivity index (χ1) is 14.5. The highest BCUT2D eigenvalue weighted by Gasteiger charge is 2.19. The Labute approximate surface area is 176 Å². The summed E-state index contributed by atoms with van der Waals surface area (Å²) in [5.74, 6) is 0.634. The lowest BCUT2D eigenvalue weighted by atomic mass is 10.0. The van der Waals surface area contributed by atoms with Gasteiger partial charge in [0.25, 0.3) is 0 Å². The molecular formula is C25H26FN3O. The summed E-state index contributed by atoms with van der Waals surface area (Å²) in [4.78, 5) is 6.69. The molecule has 0 aliphatic rings. The van der Waals surface area contributed by atoms with Crippen molar-refractivity contribution in [2.24, 2.45) is 7.05 Å². The third-order valence-corrected chi connectivity index (χ3v) is 5.66. The van der Waals surface area contributed by atoms with Crippen LogP contribution in [-0.4, -0.2) is 21.6 Å². The maximum absolute atomic E-state index is 13.7. The molecule has 0 bridgehead atoms. The molecule has 0 fully saturated rings. The molecular weight excluding hydrogens is 377 g/mol. The fourth-order valence-electron chi connectivity index (χ4n) is 3.93. The summed E-state index contributed by atoms with van der Waals surface area (Å²) < 4.78 is 21.0. The van der Waals surface area contributed by atoms with Gasteiger partial charge in [0.2, 0.25) is 0 Å². The van der Waals surface area contributed by atoms with E-state index in [2.05, 4.69) is 41.2 Å². The van der Waals surface area contributed by atoms with Gasteiger partial charge in [0.1, 0.15) is 11.6 Å². The highest BCUT2D eigenvalue weighted by molar-refractivity contribution is 5.84. The van der Waals surface area contributed by atoms with Gasteiger partial charge in [-0.3, -0.25) is 9.88 Å². The van der Waals surface area contributed by atoms with E-state index in [4.69, 9.17) is 4.74 Å². The molecule has 4 aromatic rings. The van der Waals surface area contributed by atoms with Crippen LogP contribution in [0.1, 0.15) is 29.7 Å². The zero-order chi connectivity index (χ0) is 21.1. The first kappa shape index (κ1) is 20.1. The Kier molecular flexibility index (Phi) is 5.81. The molecule has 154 valence electrons. The van der Waals surface area contributed by atoms with Crippen LogP contribution < -0.4 is 4.74 Å². The molecule has 4 nitrogen and oxygen atoms in total. The Morgan fingerprint density at radius 3 is 2.60 bits per heavy atom. The number of methoxy groups -OCH3 is 1. The van der Waals surface area contributed by atoms with Gasteiger partial charge < -0.3 is 9.30 Å². The summed E-state index contributed by atoms with van der Waals surface area (Å²) in [6.07, 6.45) is 5.80. The Balaban J connectivity index is 1.68. The quantitative estimate of drug-likeness (QED) is 0.409. The van der Waals surface area contributed by atoms with Crippen molar-refractivity contribution in [2.75, 3.05) is 7.11 Å². The third kappa shape index (κ3) is 4.21. The number of aryl methyl sites for hydroxylation is 1. The minimum atomic E-state index is -0.214. The molecule has 4 rings (SSSR count). The summed E-state index contributed by atoms with van der Waals surface area (Å²) >= 11 is 0. The second kappa shape index (κ2) is 8.67. The van der Waals surface area contributed by atoms with Crippen molar-refractivity contribution in [2.45, 2.75) is 26.1 Å². The predicted molar refractivity (Wildman–Crippen MR) is 118 cm³/mol. The number of hydrogen-bond donors (Lipinski definition) is 0. The molecule has 0 N–H and O–H groups in total. The second-order valence-corrected chi connectivity index (χ2v) is 7.64. The van der Waals surface area contributed by atoms with Gasteiger partial charge in [0.05, 0.1) is 12.6 Å². The number of hydrogen-bond acceptors (Lipinski definition) is 3. The van der Waals surface area contributed by atoms with E-state index in [-0.39, 0.29) is 11.9 Å². The maximum Gasteiger partial charge on any atom is 0.125 e. The fourth-order valence-corrected chi connectivity index (χ4v) is 3.93. The van der Waals surface area contributed by atoms with Crippen LogP contribution in [0, 0.1) is 5.82 Å². The fraction of sp³-hybridized carbons (Fsp3) is 0.240. The zero-order valence-corrected chi connectivity index (χ0v) is 17.5. The number of halogens is 1. The van der Waals surface area contributed by atoms with E-state index >= 15 is 0 Å². The lowest BCUT2D eigenvalue weighted by molar-refractivity contribution is 0.192. The maximum atomic E-state index is 13.7. The molecule has 0 saturated heterocycles. The van der Waals surface area contributed by atoms with E-state index in [0.717, 1.165) is 35.3 Å². The van der Waals surface area contributed by atoms with Gasteiger partial charge in [0, 0.05) is 50.2 Å². The van der Waals surface area contributed by atoms with E-state index in [1.165, 1.54) is 17.2 Å². The zero-order valence-electron chi connectivity index (χ0n) is 17.5. The normalized spacial score (nSPS) is 12.4. The third-order valence-electron chi connectivity index (χ3n) is 5.66. The smallest absolute Gasteiger partial charge is 0.125 e. The average molecular weight is 404 g/mol. The van der Waals surface area contributed by atoms with Crippen molar-refractivity contribution in [3.8, 4) is 5.75 Å². The van der Waals surface area contributed by atoms with Crippen molar-refractivity contribution < 1.29 is 9.13 Å². The first-order valence-electron chi connectivity index (χ1n) is 10.1. The van der Waals surface area contributed by atoms with E-state index in [0.29, 0.717) is 0 Å². The van der Waals surface area contributed by atoms with Gasteiger partial charge in [0.15, 0.2) is 0 Å². The van der Waals surface area contributed by atoms with Crippen molar-refractivity contribution in [3.05, 3.63) is 95.7 Å². The van der Waals surface area contributed by atoms with Crippen molar-refractivity contribution in [1.82, 2.24) is 14.5 Å². The summed E-state index contributed by atoms with van der Waals surface area (Å²) in [7, 11) is 3.64. The summed E-state index contributed by atoms with van der Waals surface area (Å²) in [6, 6.07) is 17.4. The molecule has 5 heteroatoms. The number of pyridine rings is 1. The van der Waals surface area contributed by atoms with Crippen LogP contribution in [0.5, 0.6) is 5.75 Å². The van der Waals surface area contributed by atoms with Crippen molar-refractivity contribution in [1.29, 1.82) is 0 Å². The highest BCUT2D eigenvalue weighted by Crippen LogP contribution is 2.29. The number of benzene rings is 2. The van der Waals surface area contributed by atoms with Crippen LogP contribution in [0.25, 0.3) is 10.9 Å². The van der Waals surface area contributed by atoms with Gasteiger partial charge >= 0.3 is 0 Å². The van der Waals surface area contributed by atoms with Gasteiger partial charge in [-0.1, -0.05) is 18.2 Å².